The molecule has 0 amide bonds. The van der Waals surface area contributed by atoms with E-state index in [1.165, 1.54) is 23.5 Å². The molecule has 0 radical (unpaired) electrons. The maximum Gasteiger partial charge on any atom is 0.125 e. The maximum atomic E-state index is 12.9. The lowest BCUT2D eigenvalue weighted by atomic mass is 10.2. The van der Waals surface area contributed by atoms with Crippen molar-refractivity contribution in [2.75, 3.05) is 5.73 Å². The van der Waals surface area contributed by atoms with Gasteiger partial charge in [0.15, 0.2) is 0 Å². The first-order chi connectivity index (χ1) is 5.68. The predicted octanol–water partition coefficient (Wildman–Crippen LogP) is 3.23. The molecule has 1 aromatic heterocycles. The highest BCUT2D eigenvalue weighted by Gasteiger charge is 2.06. The van der Waals surface area contributed by atoms with Crippen molar-refractivity contribution in [2.45, 2.75) is 0 Å². The van der Waals surface area contributed by atoms with E-state index in [1.807, 2.05) is 5.38 Å². The molecule has 0 bridgehead atoms. The Labute approximate surface area is 86.5 Å². The predicted molar refractivity (Wildman–Crippen MR) is 58.9 cm³/mol. The minimum Gasteiger partial charge on any atom is -0.398 e. The Morgan fingerprint density at radius 3 is 2.92 bits per heavy atom. The molecule has 1 nitrogen and oxygen atoms in total. The normalized spacial score (nSPS) is 10.8. The van der Waals surface area contributed by atoms with E-state index in [0.29, 0.717) is 0 Å². The highest BCUT2D eigenvalue weighted by atomic mass is 127. The van der Waals surface area contributed by atoms with Gasteiger partial charge in [-0.15, -0.1) is 11.3 Å². The number of hydrogen-bond acceptors (Lipinski definition) is 2. The van der Waals surface area contributed by atoms with Crippen molar-refractivity contribution >= 4 is 49.7 Å². The van der Waals surface area contributed by atoms with Crippen LogP contribution in [-0.2, 0) is 0 Å². The molecule has 12 heavy (non-hydrogen) atoms. The average molecular weight is 293 g/mol. The summed E-state index contributed by atoms with van der Waals surface area (Å²) in [5, 5.41) is 2.81. The van der Waals surface area contributed by atoms with Crippen LogP contribution in [0.1, 0.15) is 0 Å². The zero-order valence-corrected chi connectivity index (χ0v) is 8.95. The Balaban J connectivity index is 2.93. The lowest BCUT2D eigenvalue weighted by Gasteiger charge is -1.95. The Morgan fingerprint density at radius 2 is 2.17 bits per heavy atom. The molecule has 2 rings (SSSR count). The standard InChI is InChI=1S/C8H5FINS/c9-4-1-5(10)8-6(11)3-12-7(8)2-4/h1-3H,11H2. The van der Waals surface area contributed by atoms with Gasteiger partial charge in [0.2, 0.25) is 0 Å². The van der Waals surface area contributed by atoms with Crippen molar-refractivity contribution in [1.29, 1.82) is 0 Å². The number of hydrogen-bond donors (Lipinski definition) is 1. The maximum absolute atomic E-state index is 12.9. The fraction of sp³-hybridized carbons (Fsp3) is 0. The Kier molecular flexibility index (Phi) is 1.96. The summed E-state index contributed by atoms with van der Waals surface area (Å²) < 4.78 is 14.7. The van der Waals surface area contributed by atoms with Crippen LogP contribution in [0.15, 0.2) is 17.5 Å². The molecule has 0 fully saturated rings. The zero-order valence-electron chi connectivity index (χ0n) is 5.97. The number of nitrogens with two attached hydrogens (primary N) is 1. The van der Waals surface area contributed by atoms with Crippen LogP contribution < -0.4 is 5.73 Å². The number of nitrogen functional groups attached to an aromatic ring is 1. The summed E-state index contributed by atoms with van der Waals surface area (Å²) in [6.45, 7) is 0. The molecule has 0 aliphatic carbocycles. The van der Waals surface area contributed by atoms with Gasteiger partial charge in [-0.2, -0.15) is 0 Å². The van der Waals surface area contributed by atoms with Gasteiger partial charge >= 0.3 is 0 Å². The highest BCUT2D eigenvalue weighted by molar-refractivity contribution is 14.1. The number of fused-ring (bicyclic) bond motifs is 1. The quantitative estimate of drug-likeness (QED) is 0.741. The van der Waals surface area contributed by atoms with E-state index in [2.05, 4.69) is 22.6 Å². The van der Waals surface area contributed by atoms with Crippen molar-refractivity contribution in [3.05, 3.63) is 26.9 Å². The Bertz CT molecular complexity index is 438. The molecule has 0 aliphatic rings. The van der Waals surface area contributed by atoms with E-state index in [9.17, 15) is 4.39 Å². The first kappa shape index (κ1) is 8.25. The van der Waals surface area contributed by atoms with Gasteiger partial charge in [-0.25, -0.2) is 4.39 Å². The highest BCUT2D eigenvalue weighted by Crippen LogP contribution is 2.32. The minimum absolute atomic E-state index is 0.200. The first-order valence-corrected chi connectivity index (χ1v) is 5.26. The van der Waals surface area contributed by atoms with Crippen LogP contribution in [0.4, 0.5) is 10.1 Å². The van der Waals surface area contributed by atoms with Crippen molar-refractivity contribution in [3.63, 3.8) is 0 Å². The van der Waals surface area contributed by atoms with Crippen LogP contribution in [0, 0.1) is 9.39 Å². The monoisotopic (exact) mass is 293 g/mol. The van der Waals surface area contributed by atoms with E-state index in [-0.39, 0.29) is 5.82 Å². The smallest absolute Gasteiger partial charge is 0.125 e. The largest absolute Gasteiger partial charge is 0.398 e. The molecule has 1 aromatic carbocycles. The summed E-state index contributed by atoms with van der Waals surface area (Å²) in [6.07, 6.45) is 0. The van der Waals surface area contributed by atoms with Crippen LogP contribution in [0.5, 0.6) is 0 Å². The van der Waals surface area contributed by atoms with Crippen LogP contribution in [0.3, 0.4) is 0 Å². The SMILES string of the molecule is Nc1csc2cc(F)cc(I)c12. The Hall–Kier alpha value is -0.360. The number of benzene rings is 1. The lowest BCUT2D eigenvalue weighted by Crippen LogP contribution is -1.84. The zero-order chi connectivity index (χ0) is 8.72. The third-order valence-electron chi connectivity index (χ3n) is 1.62. The van der Waals surface area contributed by atoms with Crippen LogP contribution >= 0.6 is 33.9 Å². The molecule has 62 valence electrons. The van der Waals surface area contributed by atoms with Crippen molar-refractivity contribution < 1.29 is 4.39 Å². The lowest BCUT2D eigenvalue weighted by molar-refractivity contribution is 0.629. The summed E-state index contributed by atoms with van der Waals surface area (Å²) in [5.41, 5.74) is 6.45. The van der Waals surface area contributed by atoms with Crippen LogP contribution in [0.25, 0.3) is 10.1 Å². The van der Waals surface area contributed by atoms with Crippen molar-refractivity contribution in [3.8, 4) is 0 Å². The topological polar surface area (TPSA) is 26.0 Å². The van der Waals surface area contributed by atoms with Gasteiger partial charge in [-0.05, 0) is 34.7 Å². The van der Waals surface area contributed by atoms with E-state index >= 15 is 0 Å². The second-order valence-electron chi connectivity index (χ2n) is 2.45. The average Bonchev–Trinajstić information content (AvgIpc) is 2.31. The number of rotatable bonds is 0. The first-order valence-electron chi connectivity index (χ1n) is 3.30. The fourth-order valence-electron chi connectivity index (χ4n) is 1.11. The molecule has 2 N–H and O–H groups in total. The van der Waals surface area contributed by atoms with E-state index in [4.69, 9.17) is 5.73 Å². The van der Waals surface area contributed by atoms with Crippen LogP contribution in [0.2, 0.25) is 0 Å². The van der Waals surface area contributed by atoms with Gasteiger partial charge in [0.05, 0.1) is 5.69 Å². The third-order valence-corrected chi connectivity index (χ3v) is 3.42. The molecule has 0 aliphatic heterocycles. The van der Waals surface area contributed by atoms with Crippen LogP contribution in [-0.4, -0.2) is 0 Å². The molecule has 4 heteroatoms. The third kappa shape index (κ3) is 1.19. The number of anilines is 1. The summed E-state index contributed by atoms with van der Waals surface area (Å²) in [7, 11) is 0. The number of halogens is 2. The summed E-state index contributed by atoms with van der Waals surface area (Å²) in [5.74, 6) is -0.200. The fourth-order valence-corrected chi connectivity index (χ4v) is 3.09. The molecule has 0 saturated heterocycles. The molecule has 0 saturated carbocycles. The number of thiophene rings is 1. The van der Waals surface area contributed by atoms with E-state index < -0.39 is 0 Å². The van der Waals surface area contributed by atoms with Gasteiger partial charge < -0.3 is 5.73 Å². The molecule has 2 aromatic rings. The van der Waals surface area contributed by atoms with Crippen molar-refractivity contribution in [1.82, 2.24) is 0 Å². The Morgan fingerprint density at radius 1 is 1.42 bits per heavy atom. The second kappa shape index (κ2) is 2.85. The summed E-state index contributed by atoms with van der Waals surface area (Å²) in [4.78, 5) is 0. The molecule has 0 unspecified atom stereocenters. The van der Waals surface area contributed by atoms with E-state index in [1.54, 1.807) is 0 Å². The minimum atomic E-state index is -0.200. The molecular weight excluding hydrogens is 288 g/mol. The summed E-state index contributed by atoms with van der Waals surface area (Å²) in [6, 6.07) is 3.00. The van der Waals surface area contributed by atoms with Gasteiger partial charge in [0.1, 0.15) is 5.82 Å². The summed E-state index contributed by atoms with van der Waals surface area (Å²) >= 11 is 3.57. The van der Waals surface area contributed by atoms with Gasteiger partial charge in [-0.1, -0.05) is 0 Å². The van der Waals surface area contributed by atoms with Gasteiger partial charge in [-0.3, -0.25) is 0 Å². The second-order valence-corrected chi connectivity index (χ2v) is 4.53. The van der Waals surface area contributed by atoms with Gasteiger partial charge in [0.25, 0.3) is 0 Å². The molecule has 1 heterocycles. The van der Waals surface area contributed by atoms with Crippen molar-refractivity contribution in [2.24, 2.45) is 0 Å². The van der Waals surface area contributed by atoms with E-state index in [0.717, 1.165) is 19.3 Å². The molecule has 0 atom stereocenters. The van der Waals surface area contributed by atoms with Gasteiger partial charge in [0, 0.05) is 19.0 Å². The molecular formula is C8H5FINS. The molecule has 0 spiro atoms.